The minimum Gasteiger partial charge on any atom is -0.460 e. The molecule has 1 aromatic heterocycles. The highest BCUT2D eigenvalue weighted by molar-refractivity contribution is 6.11. The SMILES string of the molecule is CCc1oc2ccccc2c1C(=O)C1(C)CCCC1. The van der Waals surface area contributed by atoms with Crippen molar-refractivity contribution >= 4 is 16.8 Å². The summed E-state index contributed by atoms with van der Waals surface area (Å²) in [7, 11) is 0. The third kappa shape index (κ3) is 1.90. The molecule has 19 heavy (non-hydrogen) atoms. The quantitative estimate of drug-likeness (QED) is 0.741. The van der Waals surface area contributed by atoms with Crippen molar-refractivity contribution in [2.45, 2.75) is 46.0 Å². The molecule has 2 heteroatoms. The van der Waals surface area contributed by atoms with Crippen molar-refractivity contribution in [2.24, 2.45) is 5.41 Å². The Labute approximate surface area is 113 Å². The fourth-order valence-corrected chi connectivity index (χ4v) is 3.28. The number of aryl methyl sites for hydroxylation is 1. The molecule has 0 atom stereocenters. The van der Waals surface area contributed by atoms with Gasteiger partial charge in [0.25, 0.3) is 0 Å². The van der Waals surface area contributed by atoms with Crippen molar-refractivity contribution in [3.05, 3.63) is 35.6 Å². The summed E-state index contributed by atoms with van der Waals surface area (Å²) < 4.78 is 5.85. The monoisotopic (exact) mass is 256 g/mol. The van der Waals surface area contributed by atoms with Gasteiger partial charge in [0.2, 0.25) is 0 Å². The number of hydrogen-bond acceptors (Lipinski definition) is 2. The molecule has 2 aromatic rings. The van der Waals surface area contributed by atoms with E-state index in [-0.39, 0.29) is 11.2 Å². The lowest BCUT2D eigenvalue weighted by Crippen LogP contribution is -2.25. The second-order valence-corrected chi connectivity index (χ2v) is 5.85. The molecule has 1 aliphatic rings. The molecule has 0 bridgehead atoms. The Morgan fingerprint density at radius 2 is 1.95 bits per heavy atom. The Bertz CT molecular complexity index is 615. The largest absolute Gasteiger partial charge is 0.460 e. The zero-order valence-electron chi connectivity index (χ0n) is 11.7. The maximum Gasteiger partial charge on any atom is 0.172 e. The molecular formula is C17H20O2. The predicted octanol–water partition coefficient (Wildman–Crippen LogP) is 4.76. The number of fused-ring (bicyclic) bond motifs is 1. The van der Waals surface area contributed by atoms with Crippen LogP contribution in [-0.4, -0.2) is 5.78 Å². The van der Waals surface area contributed by atoms with Gasteiger partial charge < -0.3 is 4.42 Å². The molecule has 0 aliphatic heterocycles. The Kier molecular flexibility index (Phi) is 2.96. The average molecular weight is 256 g/mol. The van der Waals surface area contributed by atoms with E-state index >= 15 is 0 Å². The predicted molar refractivity (Wildman–Crippen MR) is 76.5 cm³/mol. The molecule has 3 rings (SSSR count). The van der Waals surface area contributed by atoms with Gasteiger partial charge in [-0.15, -0.1) is 0 Å². The van der Waals surface area contributed by atoms with Crippen LogP contribution >= 0.6 is 0 Å². The van der Waals surface area contributed by atoms with Crippen LogP contribution in [0.5, 0.6) is 0 Å². The highest BCUT2D eigenvalue weighted by Gasteiger charge is 2.39. The maximum atomic E-state index is 13.0. The summed E-state index contributed by atoms with van der Waals surface area (Å²) in [6, 6.07) is 7.88. The third-order valence-electron chi connectivity index (χ3n) is 4.47. The molecular weight excluding hydrogens is 236 g/mol. The number of rotatable bonds is 3. The van der Waals surface area contributed by atoms with E-state index in [1.165, 1.54) is 12.8 Å². The van der Waals surface area contributed by atoms with Gasteiger partial charge in [0.05, 0.1) is 5.56 Å². The van der Waals surface area contributed by atoms with Crippen LogP contribution in [0.1, 0.15) is 55.6 Å². The molecule has 0 unspecified atom stereocenters. The molecule has 2 nitrogen and oxygen atoms in total. The van der Waals surface area contributed by atoms with Gasteiger partial charge in [-0.05, 0) is 18.9 Å². The van der Waals surface area contributed by atoms with Crippen LogP contribution in [0.3, 0.4) is 0 Å². The van der Waals surface area contributed by atoms with E-state index in [0.717, 1.165) is 41.6 Å². The van der Waals surface area contributed by atoms with Crippen molar-refractivity contribution in [3.8, 4) is 0 Å². The Balaban J connectivity index is 2.15. The van der Waals surface area contributed by atoms with E-state index in [4.69, 9.17) is 4.42 Å². The number of benzene rings is 1. The van der Waals surface area contributed by atoms with Gasteiger partial charge in [-0.3, -0.25) is 4.79 Å². The fourth-order valence-electron chi connectivity index (χ4n) is 3.28. The number of ketones is 1. The minimum absolute atomic E-state index is 0.184. The van der Waals surface area contributed by atoms with Gasteiger partial charge in [-0.1, -0.05) is 44.9 Å². The summed E-state index contributed by atoms with van der Waals surface area (Å²) in [6.07, 6.45) is 5.12. The van der Waals surface area contributed by atoms with Gasteiger partial charge in [0, 0.05) is 17.2 Å². The molecule has 1 fully saturated rings. The molecule has 1 heterocycles. The molecule has 0 amide bonds. The average Bonchev–Trinajstić information content (AvgIpc) is 3.02. The topological polar surface area (TPSA) is 30.2 Å². The Morgan fingerprint density at radius 1 is 1.26 bits per heavy atom. The first-order valence-electron chi connectivity index (χ1n) is 7.21. The van der Waals surface area contributed by atoms with Crippen molar-refractivity contribution in [3.63, 3.8) is 0 Å². The van der Waals surface area contributed by atoms with Crippen LogP contribution < -0.4 is 0 Å². The van der Waals surface area contributed by atoms with E-state index in [0.29, 0.717) is 0 Å². The van der Waals surface area contributed by atoms with E-state index in [1.54, 1.807) is 0 Å². The Morgan fingerprint density at radius 3 is 2.63 bits per heavy atom. The summed E-state index contributed by atoms with van der Waals surface area (Å²) in [5, 5.41) is 0.984. The first-order valence-corrected chi connectivity index (χ1v) is 7.21. The highest BCUT2D eigenvalue weighted by atomic mass is 16.3. The number of Topliss-reactive ketones (excluding diaryl/α,β-unsaturated/α-hetero) is 1. The minimum atomic E-state index is -0.184. The molecule has 0 N–H and O–H groups in total. The van der Waals surface area contributed by atoms with Gasteiger partial charge in [0.15, 0.2) is 5.78 Å². The van der Waals surface area contributed by atoms with Crippen LogP contribution in [0.15, 0.2) is 28.7 Å². The zero-order chi connectivity index (χ0) is 13.5. The number of para-hydroxylation sites is 1. The second-order valence-electron chi connectivity index (χ2n) is 5.85. The van der Waals surface area contributed by atoms with Gasteiger partial charge in [-0.25, -0.2) is 0 Å². The number of hydrogen-bond donors (Lipinski definition) is 0. The molecule has 0 radical (unpaired) electrons. The van der Waals surface area contributed by atoms with Gasteiger partial charge in [0.1, 0.15) is 11.3 Å². The van der Waals surface area contributed by atoms with Crippen LogP contribution in [0.4, 0.5) is 0 Å². The standard InChI is InChI=1S/C17H20O2/c1-3-13-15(12-8-4-5-9-14(12)19-13)16(18)17(2)10-6-7-11-17/h4-5,8-9H,3,6-7,10-11H2,1-2H3. The molecule has 100 valence electrons. The molecule has 1 saturated carbocycles. The van der Waals surface area contributed by atoms with E-state index in [2.05, 4.69) is 6.92 Å². The van der Waals surface area contributed by atoms with Crippen molar-refractivity contribution < 1.29 is 9.21 Å². The van der Waals surface area contributed by atoms with E-state index in [1.807, 2.05) is 31.2 Å². The lowest BCUT2D eigenvalue weighted by atomic mass is 9.80. The lowest BCUT2D eigenvalue weighted by molar-refractivity contribution is 0.0823. The zero-order valence-corrected chi connectivity index (χ0v) is 11.7. The number of furan rings is 1. The van der Waals surface area contributed by atoms with E-state index in [9.17, 15) is 4.79 Å². The first kappa shape index (κ1) is 12.5. The summed E-state index contributed by atoms with van der Waals surface area (Å²) in [5.74, 6) is 1.13. The van der Waals surface area contributed by atoms with Crippen molar-refractivity contribution in [1.29, 1.82) is 0 Å². The molecule has 0 saturated heterocycles. The molecule has 1 aromatic carbocycles. The summed E-state index contributed by atoms with van der Waals surface area (Å²) in [4.78, 5) is 13.0. The lowest BCUT2D eigenvalue weighted by Gasteiger charge is -2.21. The maximum absolute atomic E-state index is 13.0. The second kappa shape index (κ2) is 4.52. The van der Waals surface area contributed by atoms with Crippen molar-refractivity contribution in [2.75, 3.05) is 0 Å². The number of carbonyl (C=O) groups is 1. The van der Waals surface area contributed by atoms with Gasteiger partial charge in [-0.2, -0.15) is 0 Å². The van der Waals surface area contributed by atoms with E-state index < -0.39 is 0 Å². The first-order chi connectivity index (χ1) is 9.15. The smallest absolute Gasteiger partial charge is 0.172 e. The van der Waals surface area contributed by atoms with Gasteiger partial charge >= 0.3 is 0 Å². The van der Waals surface area contributed by atoms with Crippen LogP contribution in [0.2, 0.25) is 0 Å². The fraction of sp³-hybridized carbons (Fsp3) is 0.471. The van der Waals surface area contributed by atoms with Crippen LogP contribution in [0.25, 0.3) is 11.0 Å². The summed E-state index contributed by atoms with van der Waals surface area (Å²) in [6.45, 7) is 4.16. The summed E-state index contributed by atoms with van der Waals surface area (Å²) >= 11 is 0. The Hall–Kier alpha value is -1.57. The van der Waals surface area contributed by atoms with Crippen LogP contribution in [-0.2, 0) is 6.42 Å². The molecule has 1 aliphatic carbocycles. The highest BCUT2D eigenvalue weighted by Crippen LogP contribution is 2.42. The third-order valence-corrected chi connectivity index (χ3v) is 4.47. The number of carbonyl (C=O) groups excluding carboxylic acids is 1. The summed E-state index contributed by atoms with van der Waals surface area (Å²) in [5.41, 5.74) is 1.49. The van der Waals surface area contributed by atoms with Crippen molar-refractivity contribution in [1.82, 2.24) is 0 Å². The van der Waals surface area contributed by atoms with Crippen LogP contribution in [0, 0.1) is 5.41 Å². The normalized spacial score (nSPS) is 18.0. The molecule has 0 spiro atoms.